The van der Waals surface area contributed by atoms with E-state index in [1.54, 1.807) is 13.1 Å². The van der Waals surface area contributed by atoms with Crippen LogP contribution in [0.2, 0.25) is 0 Å². The third kappa shape index (κ3) is 2.97. The predicted octanol–water partition coefficient (Wildman–Crippen LogP) is 1.92. The van der Waals surface area contributed by atoms with Gasteiger partial charge in [-0.1, -0.05) is 12.1 Å². The Morgan fingerprint density at radius 2 is 2.35 bits per heavy atom. The normalized spacial score (nSPS) is 19.0. The van der Waals surface area contributed by atoms with Crippen LogP contribution in [0.5, 0.6) is 0 Å². The fraction of sp³-hybridized carbons (Fsp3) is 0.462. The van der Waals surface area contributed by atoms with Gasteiger partial charge in [0.05, 0.1) is 18.8 Å². The molecule has 1 N–H and O–H groups in total. The molecule has 4 heteroatoms. The molecule has 0 radical (unpaired) electrons. The van der Waals surface area contributed by atoms with E-state index >= 15 is 0 Å². The number of para-hydroxylation sites is 1. The second kappa shape index (κ2) is 5.68. The summed E-state index contributed by atoms with van der Waals surface area (Å²) >= 11 is 0. The molecule has 1 aromatic rings. The van der Waals surface area contributed by atoms with E-state index in [4.69, 9.17) is 9.47 Å². The van der Waals surface area contributed by atoms with E-state index in [0.717, 1.165) is 18.7 Å². The summed E-state index contributed by atoms with van der Waals surface area (Å²) in [6.07, 6.45) is 0.973. The molecule has 1 saturated heterocycles. The maximum Gasteiger partial charge on any atom is 0.340 e. The van der Waals surface area contributed by atoms with Crippen LogP contribution >= 0.6 is 0 Å². The number of carbonyl (C=O) groups is 1. The maximum absolute atomic E-state index is 11.9. The van der Waals surface area contributed by atoms with E-state index in [0.29, 0.717) is 24.7 Å². The Labute approximate surface area is 101 Å². The highest BCUT2D eigenvalue weighted by atomic mass is 16.5. The zero-order valence-corrected chi connectivity index (χ0v) is 9.94. The van der Waals surface area contributed by atoms with Crippen LogP contribution in [0.15, 0.2) is 24.3 Å². The Kier molecular flexibility index (Phi) is 3.98. The molecule has 1 fully saturated rings. The second-order valence-electron chi connectivity index (χ2n) is 4.12. The molecule has 0 aliphatic carbocycles. The number of benzene rings is 1. The van der Waals surface area contributed by atoms with Crippen molar-refractivity contribution < 1.29 is 14.3 Å². The van der Waals surface area contributed by atoms with Crippen molar-refractivity contribution in [2.24, 2.45) is 5.92 Å². The van der Waals surface area contributed by atoms with Crippen LogP contribution in [0.4, 0.5) is 5.69 Å². The van der Waals surface area contributed by atoms with Gasteiger partial charge in [0.25, 0.3) is 0 Å². The van der Waals surface area contributed by atoms with Crippen molar-refractivity contribution in [3.63, 3.8) is 0 Å². The lowest BCUT2D eigenvalue weighted by Crippen LogP contribution is -2.15. The number of anilines is 1. The summed E-state index contributed by atoms with van der Waals surface area (Å²) in [5.74, 6) is 0.0718. The first-order valence-electron chi connectivity index (χ1n) is 5.83. The first-order chi connectivity index (χ1) is 8.31. The average molecular weight is 235 g/mol. The SMILES string of the molecule is CNc1ccccc1C(=O)OCC1CCOC1. The molecule has 0 aromatic heterocycles. The minimum Gasteiger partial charge on any atom is -0.462 e. The summed E-state index contributed by atoms with van der Waals surface area (Å²) in [4.78, 5) is 11.9. The van der Waals surface area contributed by atoms with Gasteiger partial charge in [0.2, 0.25) is 0 Å². The van der Waals surface area contributed by atoms with Gasteiger partial charge in [-0.25, -0.2) is 4.79 Å². The van der Waals surface area contributed by atoms with Crippen LogP contribution in [-0.2, 0) is 9.47 Å². The van der Waals surface area contributed by atoms with Crippen molar-refractivity contribution in [2.45, 2.75) is 6.42 Å². The van der Waals surface area contributed by atoms with Gasteiger partial charge in [-0.3, -0.25) is 0 Å². The summed E-state index contributed by atoms with van der Waals surface area (Å²) in [6.45, 7) is 1.91. The van der Waals surface area contributed by atoms with E-state index in [1.165, 1.54) is 0 Å². The van der Waals surface area contributed by atoms with Crippen molar-refractivity contribution in [3.8, 4) is 0 Å². The number of esters is 1. The third-order valence-corrected chi connectivity index (χ3v) is 2.89. The van der Waals surface area contributed by atoms with Crippen LogP contribution in [-0.4, -0.2) is 32.8 Å². The highest BCUT2D eigenvalue weighted by Gasteiger charge is 2.19. The average Bonchev–Trinajstić information content (AvgIpc) is 2.89. The summed E-state index contributed by atoms with van der Waals surface area (Å²) in [6, 6.07) is 7.33. The lowest BCUT2D eigenvalue weighted by molar-refractivity contribution is 0.0429. The molecule has 2 rings (SSSR count). The molecule has 1 aliphatic rings. The lowest BCUT2D eigenvalue weighted by Gasteiger charge is -2.11. The minimum atomic E-state index is -0.276. The first-order valence-corrected chi connectivity index (χ1v) is 5.83. The molecule has 0 spiro atoms. The van der Waals surface area contributed by atoms with Crippen molar-refractivity contribution >= 4 is 11.7 Å². The first kappa shape index (κ1) is 11.9. The largest absolute Gasteiger partial charge is 0.462 e. The molecule has 92 valence electrons. The van der Waals surface area contributed by atoms with Crippen molar-refractivity contribution in [2.75, 3.05) is 32.2 Å². The molecule has 1 aromatic carbocycles. The highest BCUT2D eigenvalue weighted by molar-refractivity contribution is 5.95. The zero-order chi connectivity index (χ0) is 12.1. The molecular weight excluding hydrogens is 218 g/mol. The van der Waals surface area contributed by atoms with E-state index in [1.807, 2.05) is 18.2 Å². The van der Waals surface area contributed by atoms with Crippen molar-refractivity contribution in [3.05, 3.63) is 29.8 Å². The van der Waals surface area contributed by atoms with Crippen LogP contribution in [0.3, 0.4) is 0 Å². The van der Waals surface area contributed by atoms with E-state index in [-0.39, 0.29) is 5.97 Å². The van der Waals surface area contributed by atoms with Gasteiger partial charge in [0, 0.05) is 25.3 Å². The molecule has 0 amide bonds. The fourth-order valence-electron chi connectivity index (χ4n) is 1.87. The van der Waals surface area contributed by atoms with Gasteiger partial charge < -0.3 is 14.8 Å². The lowest BCUT2D eigenvalue weighted by atomic mass is 10.1. The Hall–Kier alpha value is -1.55. The Bertz CT molecular complexity index is 386. The van der Waals surface area contributed by atoms with Crippen molar-refractivity contribution in [1.82, 2.24) is 0 Å². The monoisotopic (exact) mass is 235 g/mol. The Balaban J connectivity index is 1.94. The smallest absolute Gasteiger partial charge is 0.340 e. The van der Waals surface area contributed by atoms with Crippen LogP contribution < -0.4 is 5.32 Å². The Morgan fingerprint density at radius 3 is 3.06 bits per heavy atom. The van der Waals surface area contributed by atoms with Gasteiger partial charge >= 0.3 is 5.97 Å². The van der Waals surface area contributed by atoms with Crippen molar-refractivity contribution in [1.29, 1.82) is 0 Å². The van der Waals surface area contributed by atoms with Crippen LogP contribution in [0.25, 0.3) is 0 Å². The van der Waals surface area contributed by atoms with Gasteiger partial charge in [0.15, 0.2) is 0 Å². The molecule has 1 unspecified atom stereocenters. The Morgan fingerprint density at radius 1 is 1.53 bits per heavy atom. The van der Waals surface area contributed by atoms with E-state index in [9.17, 15) is 4.79 Å². The van der Waals surface area contributed by atoms with E-state index in [2.05, 4.69) is 5.32 Å². The number of carbonyl (C=O) groups excluding carboxylic acids is 1. The third-order valence-electron chi connectivity index (χ3n) is 2.89. The van der Waals surface area contributed by atoms with E-state index < -0.39 is 0 Å². The molecule has 0 bridgehead atoms. The number of rotatable bonds is 4. The minimum absolute atomic E-state index is 0.276. The molecule has 17 heavy (non-hydrogen) atoms. The molecule has 1 aliphatic heterocycles. The quantitative estimate of drug-likeness (QED) is 0.810. The maximum atomic E-state index is 11.9. The number of nitrogens with one attached hydrogen (secondary N) is 1. The molecular formula is C13H17NO3. The summed E-state index contributed by atoms with van der Waals surface area (Å²) in [5.41, 5.74) is 1.37. The molecule has 0 saturated carbocycles. The fourth-order valence-corrected chi connectivity index (χ4v) is 1.87. The molecule has 4 nitrogen and oxygen atoms in total. The zero-order valence-electron chi connectivity index (χ0n) is 9.94. The van der Waals surface area contributed by atoms with Gasteiger partial charge in [-0.15, -0.1) is 0 Å². The van der Waals surface area contributed by atoms with Crippen LogP contribution in [0.1, 0.15) is 16.8 Å². The topological polar surface area (TPSA) is 47.6 Å². The summed E-state index contributed by atoms with van der Waals surface area (Å²) in [7, 11) is 1.79. The van der Waals surface area contributed by atoms with Crippen LogP contribution in [0, 0.1) is 5.92 Å². The number of ether oxygens (including phenoxy) is 2. The summed E-state index contributed by atoms with van der Waals surface area (Å²) in [5, 5.41) is 2.98. The van der Waals surface area contributed by atoms with Gasteiger partial charge in [-0.2, -0.15) is 0 Å². The molecule has 1 atom stereocenters. The molecule has 1 heterocycles. The predicted molar refractivity (Wildman–Crippen MR) is 65.2 cm³/mol. The summed E-state index contributed by atoms with van der Waals surface area (Å²) < 4.78 is 10.5. The second-order valence-corrected chi connectivity index (χ2v) is 4.12. The van der Waals surface area contributed by atoms with Gasteiger partial charge in [-0.05, 0) is 18.6 Å². The number of hydrogen-bond donors (Lipinski definition) is 1. The number of hydrogen-bond acceptors (Lipinski definition) is 4. The highest BCUT2D eigenvalue weighted by Crippen LogP contribution is 2.17. The standard InChI is InChI=1S/C13H17NO3/c1-14-12-5-3-2-4-11(12)13(15)17-9-10-6-7-16-8-10/h2-5,10,14H,6-9H2,1H3. The van der Waals surface area contributed by atoms with Gasteiger partial charge in [0.1, 0.15) is 0 Å².